The number of benzene rings is 1. The van der Waals surface area contributed by atoms with Gasteiger partial charge >= 0.3 is 5.97 Å². The number of nitrogens with one attached hydrogen (secondary N) is 1. The van der Waals surface area contributed by atoms with Crippen molar-refractivity contribution in [1.82, 2.24) is 0 Å². The van der Waals surface area contributed by atoms with Gasteiger partial charge in [-0.05, 0) is 29.7 Å². The van der Waals surface area contributed by atoms with Crippen molar-refractivity contribution >= 4 is 23.4 Å². The van der Waals surface area contributed by atoms with E-state index in [9.17, 15) is 9.90 Å². The number of carbonyl (C=O) groups is 1. The third-order valence-electron chi connectivity index (χ3n) is 3.25. The maximum Gasteiger partial charge on any atom is 0.338 e. The lowest BCUT2D eigenvalue weighted by molar-refractivity contribution is 0.0694. The van der Waals surface area contributed by atoms with Crippen LogP contribution in [-0.4, -0.2) is 23.4 Å². The fourth-order valence-corrected chi connectivity index (χ4v) is 2.46. The largest absolute Gasteiger partial charge is 0.478 e. The molecule has 0 atom stereocenters. The van der Waals surface area contributed by atoms with Crippen molar-refractivity contribution in [3.05, 3.63) is 23.8 Å². The predicted molar refractivity (Wildman–Crippen MR) is 82.4 cm³/mol. The van der Waals surface area contributed by atoms with Gasteiger partial charge in [0.25, 0.3) is 0 Å². The Hall–Kier alpha value is -1.16. The van der Waals surface area contributed by atoms with Crippen LogP contribution in [0.15, 0.2) is 23.1 Å². The van der Waals surface area contributed by atoms with Gasteiger partial charge in [-0.25, -0.2) is 4.79 Å². The molecule has 1 aromatic rings. The third kappa shape index (κ3) is 4.46. The van der Waals surface area contributed by atoms with Crippen LogP contribution in [0.25, 0.3) is 0 Å². The second-order valence-corrected chi connectivity index (χ2v) is 6.59. The molecule has 0 aromatic heterocycles. The Kier molecular flexibility index (Phi) is 5.73. The normalized spacial score (nSPS) is 11.4. The highest BCUT2D eigenvalue weighted by atomic mass is 32.2. The van der Waals surface area contributed by atoms with Crippen LogP contribution in [0.2, 0.25) is 0 Å². The van der Waals surface area contributed by atoms with Crippen molar-refractivity contribution in [1.29, 1.82) is 0 Å². The van der Waals surface area contributed by atoms with E-state index in [1.54, 1.807) is 11.8 Å². The van der Waals surface area contributed by atoms with Crippen molar-refractivity contribution in [2.45, 2.75) is 39.0 Å². The van der Waals surface area contributed by atoms with E-state index in [-0.39, 0.29) is 5.41 Å². The van der Waals surface area contributed by atoms with E-state index in [4.69, 9.17) is 0 Å². The topological polar surface area (TPSA) is 49.3 Å². The maximum absolute atomic E-state index is 11.5. The van der Waals surface area contributed by atoms with Crippen molar-refractivity contribution < 1.29 is 9.90 Å². The maximum atomic E-state index is 11.5. The van der Waals surface area contributed by atoms with E-state index in [0.29, 0.717) is 11.3 Å². The quantitative estimate of drug-likeness (QED) is 0.730. The van der Waals surface area contributed by atoms with E-state index < -0.39 is 5.97 Å². The predicted octanol–water partition coefficient (Wildman–Crippen LogP) is 4.34. The SMILES string of the molecule is CCSc1cccc(NCC(C)(C)CC)c1C(=O)O. The van der Waals surface area contributed by atoms with Gasteiger partial charge in [0.1, 0.15) is 0 Å². The van der Waals surface area contributed by atoms with Gasteiger partial charge in [-0.3, -0.25) is 0 Å². The summed E-state index contributed by atoms with van der Waals surface area (Å²) >= 11 is 1.56. The van der Waals surface area contributed by atoms with E-state index in [1.165, 1.54) is 0 Å². The van der Waals surface area contributed by atoms with E-state index in [1.807, 2.05) is 25.1 Å². The summed E-state index contributed by atoms with van der Waals surface area (Å²) in [6.07, 6.45) is 1.05. The second kappa shape index (κ2) is 6.85. The average molecular weight is 281 g/mol. The smallest absolute Gasteiger partial charge is 0.338 e. The number of aromatic carboxylic acids is 1. The molecule has 0 spiro atoms. The summed E-state index contributed by atoms with van der Waals surface area (Å²) < 4.78 is 0. The van der Waals surface area contributed by atoms with Crippen molar-refractivity contribution in [2.75, 3.05) is 17.6 Å². The van der Waals surface area contributed by atoms with Gasteiger partial charge in [0.2, 0.25) is 0 Å². The lowest BCUT2D eigenvalue weighted by atomic mass is 9.90. The van der Waals surface area contributed by atoms with Crippen LogP contribution in [0, 0.1) is 5.41 Å². The molecular weight excluding hydrogens is 258 g/mol. The zero-order chi connectivity index (χ0) is 14.5. The highest BCUT2D eigenvalue weighted by Gasteiger charge is 2.19. The number of hydrogen-bond donors (Lipinski definition) is 2. The summed E-state index contributed by atoms with van der Waals surface area (Å²) in [6, 6.07) is 5.62. The molecule has 0 saturated heterocycles. The molecule has 19 heavy (non-hydrogen) atoms. The zero-order valence-corrected chi connectivity index (χ0v) is 12.9. The Morgan fingerprint density at radius 3 is 2.58 bits per heavy atom. The van der Waals surface area contributed by atoms with E-state index in [2.05, 4.69) is 26.1 Å². The van der Waals surface area contributed by atoms with Gasteiger partial charge in [-0.1, -0.05) is 33.8 Å². The Morgan fingerprint density at radius 2 is 2.05 bits per heavy atom. The van der Waals surface area contributed by atoms with E-state index in [0.717, 1.165) is 23.6 Å². The van der Waals surface area contributed by atoms with Gasteiger partial charge in [-0.15, -0.1) is 11.8 Å². The Bertz CT molecular complexity index is 444. The first-order valence-electron chi connectivity index (χ1n) is 6.64. The van der Waals surface area contributed by atoms with Gasteiger partial charge in [0.15, 0.2) is 0 Å². The van der Waals surface area contributed by atoms with Crippen LogP contribution < -0.4 is 5.32 Å². The number of hydrogen-bond acceptors (Lipinski definition) is 3. The minimum absolute atomic E-state index is 0.156. The summed E-state index contributed by atoms with van der Waals surface area (Å²) in [7, 11) is 0. The molecule has 4 heteroatoms. The number of carboxylic acids is 1. The summed E-state index contributed by atoms with van der Waals surface area (Å²) in [5.41, 5.74) is 1.26. The molecule has 0 aliphatic carbocycles. The first kappa shape index (κ1) is 15.9. The summed E-state index contributed by atoms with van der Waals surface area (Å²) in [5.74, 6) is -0.00200. The molecular formula is C15H23NO2S. The van der Waals surface area contributed by atoms with Crippen LogP contribution in [0.5, 0.6) is 0 Å². The Morgan fingerprint density at radius 1 is 1.37 bits per heavy atom. The molecule has 3 nitrogen and oxygen atoms in total. The zero-order valence-electron chi connectivity index (χ0n) is 12.1. The van der Waals surface area contributed by atoms with Crippen LogP contribution in [0.3, 0.4) is 0 Å². The monoisotopic (exact) mass is 281 g/mol. The van der Waals surface area contributed by atoms with Crippen LogP contribution in [0.1, 0.15) is 44.5 Å². The van der Waals surface area contributed by atoms with Gasteiger partial charge < -0.3 is 10.4 Å². The van der Waals surface area contributed by atoms with Crippen molar-refractivity contribution in [3.8, 4) is 0 Å². The summed E-state index contributed by atoms with van der Waals surface area (Å²) in [6.45, 7) is 9.28. The first-order chi connectivity index (χ1) is 8.91. The molecule has 0 unspecified atom stereocenters. The molecule has 0 heterocycles. The lowest BCUT2D eigenvalue weighted by Gasteiger charge is -2.24. The molecule has 106 valence electrons. The molecule has 0 bridgehead atoms. The highest BCUT2D eigenvalue weighted by molar-refractivity contribution is 7.99. The lowest BCUT2D eigenvalue weighted by Crippen LogP contribution is -2.23. The molecule has 0 amide bonds. The number of thioether (sulfide) groups is 1. The Labute approximate surface area is 119 Å². The Balaban J connectivity index is 3.00. The molecule has 2 N–H and O–H groups in total. The van der Waals surface area contributed by atoms with Gasteiger partial charge in [0.05, 0.1) is 5.56 Å². The van der Waals surface area contributed by atoms with Crippen LogP contribution in [0.4, 0.5) is 5.69 Å². The molecule has 1 rings (SSSR count). The summed E-state index contributed by atoms with van der Waals surface area (Å²) in [5, 5.41) is 12.7. The molecule has 1 aromatic carbocycles. The van der Waals surface area contributed by atoms with Crippen LogP contribution >= 0.6 is 11.8 Å². The minimum atomic E-state index is -0.867. The van der Waals surface area contributed by atoms with Crippen LogP contribution in [-0.2, 0) is 0 Å². The van der Waals surface area contributed by atoms with Crippen molar-refractivity contribution in [3.63, 3.8) is 0 Å². The molecule has 0 fully saturated rings. The number of carboxylic acid groups (broad SMARTS) is 1. The molecule has 0 aliphatic heterocycles. The fraction of sp³-hybridized carbons (Fsp3) is 0.533. The van der Waals surface area contributed by atoms with E-state index >= 15 is 0 Å². The highest BCUT2D eigenvalue weighted by Crippen LogP contribution is 2.30. The molecule has 0 aliphatic rings. The molecule has 0 saturated carbocycles. The fourth-order valence-electron chi connectivity index (χ4n) is 1.63. The number of anilines is 1. The number of rotatable bonds is 7. The average Bonchev–Trinajstić information content (AvgIpc) is 2.36. The van der Waals surface area contributed by atoms with Crippen molar-refractivity contribution in [2.24, 2.45) is 5.41 Å². The minimum Gasteiger partial charge on any atom is -0.478 e. The third-order valence-corrected chi connectivity index (χ3v) is 4.19. The summed E-state index contributed by atoms with van der Waals surface area (Å²) in [4.78, 5) is 12.3. The van der Waals surface area contributed by atoms with Gasteiger partial charge in [0, 0.05) is 17.1 Å². The molecule has 0 radical (unpaired) electrons. The second-order valence-electron chi connectivity index (χ2n) is 5.29. The first-order valence-corrected chi connectivity index (χ1v) is 7.63. The standard InChI is InChI=1S/C15H23NO2S/c1-5-15(3,4)10-16-11-8-7-9-12(19-6-2)13(11)14(17)18/h7-9,16H,5-6,10H2,1-4H3,(H,17,18). The van der Waals surface area contributed by atoms with Gasteiger partial charge in [-0.2, -0.15) is 0 Å².